The summed E-state index contributed by atoms with van der Waals surface area (Å²) in [6.45, 7) is 8.96. The number of anilines is 1. The van der Waals surface area contributed by atoms with E-state index < -0.39 is 5.60 Å². The summed E-state index contributed by atoms with van der Waals surface area (Å²) in [5.41, 5.74) is 1.07. The van der Waals surface area contributed by atoms with Gasteiger partial charge >= 0.3 is 6.09 Å². The Labute approximate surface area is 195 Å². The molecule has 2 amide bonds. The summed E-state index contributed by atoms with van der Waals surface area (Å²) in [5.74, 6) is -0.00906. The number of imidazole rings is 1. The van der Waals surface area contributed by atoms with E-state index in [2.05, 4.69) is 31.1 Å². The van der Waals surface area contributed by atoms with Crippen molar-refractivity contribution in [1.82, 2.24) is 19.4 Å². The van der Waals surface area contributed by atoms with Gasteiger partial charge < -0.3 is 19.5 Å². The summed E-state index contributed by atoms with van der Waals surface area (Å²) >= 11 is 9.80. The van der Waals surface area contributed by atoms with E-state index in [1.807, 2.05) is 32.9 Å². The number of aromatic nitrogens is 2. The molecule has 1 aliphatic rings. The van der Waals surface area contributed by atoms with Crippen LogP contribution in [0.1, 0.15) is 37.0 Å². The van der Waals surface area contributed by atoms with Gasteiger partial charge in [0.15, 0.2) is 5.82 Å². The molecule has 8 nitrogen and oxygen atoms in total. The maximum absolute atomic E-state index is 12.4. The SMILES string of the molecule is Cn1c(Br)cnc1C(=O)Nc1ccc(CN2CCN(C(=O)OC(C)(C)C)CC2)c(Cl)c1. The van der Waals surface area contributed by atoms with Crippen LogP contribution < -0.4 is 5.32 Å². The zero-order valence-corrected chi connectivity index (χ0v) is 20.5. The van der Waals surface area contributed by atoms with Gasteiger partial charge in [-0.1, -0.05) is 17.7 Å². The molecule has 0 unspecified atom stereocenters. The average Bonchev–Trinajstić information content (AvgIpc) is 3.02. The molecule has 1 aromatic carbocycles. The second kappa shape index (κ2) is 9.58. The maximum atomic E-state index is 12.4. The minimum Gasteiger partial charge on any atom is -0.444 e. The smallest absolute Gasteiger partial charge is 0.410 e. The summed E-state index contributed by atoms with van der Waals surface area (Å²) in [7, 11) is 1.75. The number of piperazine rings is 1. The van der Waals surface area contributed by atoms with E-state index in [1.54, 1.807) is 28.8 Å². The third kappa shape index (κ3) is 6.21. The highest BCUT2D eigenvalue weighted by Gasteiger charge is 2.26. The van der Waals surface area contributed by atoms with Crippen molar-refractivity contribution in [3.8, 4) is 0 Å². The van der Waals surface area contributed by atoms with Crippen molar-refractivity contribution in [3.63, 3.8) is 0 Å². The van der Waals surface area contributed by atoms with Crippen molar-refractivity contribution in [2.24, 2.45) is 7.05 Å². The van der Waals surface area contributed by atoms with Gasteiger partial charge in [-0.2, -0.15) is 0 Å². The summed E-state index contributed by atoms with van der Waals surface area (Å²) in [6.07, 6.45) is 1.30. The van der Waals surface area contributed by atoms with Crippen molar-refractivity contribution in [3.05, 3.63) is 45.4 Å². The van der Waals surface area contributed by atoms with Crippen LogP contribution in [0.2, 0.25) is 5.02 Å². The standard InChI is InChI=1S/C21H27BrClN5O3/c1-21(2,3)31-20(30)28-9-7-27(8-10-28)13-14-5-6-15(11-16(14)23)25-19(29)18-24-12-17(22)26(18)4/h5-6,11-12H,7-10,13H2,1-4H3,(H,25,29). The summed E-state index contributed by atoms with van der Waals surface area (Å²) in [4.78, 5) is 32.7. The lowest BCUT2D eigenvalue weighted by molar-refractivity contribution is 0.0139. The van der Waals surface area contributed by atoms with Crippen molar-refractivity contribution in [2.45, 2.75) is 32.9 Å². The molecule has 1 saturated heterocycles. The minimum atomic E-state index is -0.494. The van der Waals surface area contributed by atoms with Crippen LogP contribution in [0.4, 0.5) is 10.5 Å². The summed E-state index contributed by atoms with van der Waals surface area (Å²) in [6, 6.07) is 5.48. The lowest BCUT2D eigenvalue weighted by Crippen LogP contribution is -2.49. The molecule has 0 radical (unpaired) electrons. The van der Waals surface area contributed by atoms with Crippen molar-refractivity contribution >= 4 is 45.2 Å². The molecule has 0 saturated carbocycles. The molecule has 0 spiro atoms. The fourth-order valence-electron chi connectivity index (χ4n) is 3.20. The molecule has 31 heavy (non-hydrogen) atoms. The Bertz CT molecular complexity index is 964. The number of nitrogens with zero attached hydrogens (tertiary/aromatic N) is 4. The van der Waals surface area contributed by atoms with E-state index in [4.69, 9.17) is 16.3 Å². The molecule has 10 heteroatoms. The van der Waals surface area contributed by atoms with E-state index in [-0.39, 0.29) is 12.0 Å². The second-order valence-corrected chi connectivity index (χ2v) is 9.69. The Kier molecular flexibility index (Phi) is 7.28. The molecular formula is C21H27BrClN5O3. The number of nitrogens with one attached hydrogen (secondary N) is 1. The topological polar surface area (TPSA) is 79.7 Å². The summed E-state index contributed by atoms with van der Waals surface area (Å²) < 4.78 is 7.81. The first-order valence-electron chi connectivity index (χ1n) is 10.0. The Morgan fingerprint density at radius 3 is 2.45 bits per heavy atom. The molecule has 3 rings (SSSR count). The number of amides is 2. The number of hydrogen-bond acceptors (Lipinski definition) is 5. The Hall–Kier alpha value is -2.10. The van der Waals surface area contributed by atoms with E-state index >= 15 is 0 Å². The summed E-state index contributed by atoms with van der Waals surface area (Å²) in [5, 5.41) is 3.40. The zero-order valence-electron chi connectivity index (χ0n) is 18.1. The molecule has 0 aliphatic carbocycles. The molecule has 2 aromatic rings. The molecular weight excluding hydrogens is 486 g/mol. The van der Waals surface area contributed by atoms with Crippen molar-refractivity contribution in [2.75, 3.05) is 31.5 Å². The molecule has 168 valence electrons. The van der Waals surface area contributed by atoms with Gasteiger partial charge in [-0.25, -0.2) is 9.78 Å². The number of halogens is 2. The van der Waals surface area contributed by atoms with Crippen molar-refractivity contribution < 1.29 is 14.3 Å². The van der Waals surface area contributed by atoms with Crippen LogP contribution in [0.3, 0.4) is 0 Å². The van der Waals surface area contributed by atoms with Crippen LogP contribution >= 0.6 is 27.5 Å². The van der Waals surface area contributed by atoms with Gasteiger partial charge in [-0.15, -0.1) is 0 Å². The van der Waals surface area contributed by atoms with Crippen LogP contribution in [-0.4, -0.2) is 63.1 Å². The Balaban J connectivity index is 1.55. The molecule has 1 fully saturated rings. The lowest BCUT2D eigenvalue weighted by Gasteiger charge is -2.35. The molecule has 0 atom stereocenters. The van der Waals surface area contributed by atoms with E-state index in [9.17, 15) is 9.59 Å². The van der Waals surface area contributed by atoms with Gasteiger partial charge in [-0.3, -0.25) is 9.69 Å². The van der Waals surface area contributed by atoms with Gasteiger partial charge in [0.2, 0.25) is 0 Å². The number of hydrogen-bond donors (Lipinski definition) is 1. The predicted molar refractivity (Wildman–Crippen MR) is 123 cm³/mol. The quantitative estimate of drug-likeness (QED) is 0.666. The van der Waals surface area contributed by atoms with Crippen LogP contribution in [0.25, 0.3) is 0 Å². The van der Waals surface area contributed by atoms with E-state index in [0.717, 1.165) is 23.3 Å². The molecule has 1 aromatic heterocycles. The number of carbonyl (C=O) groups excluding carboxylic acids is 2. The monoisotopic (exact) mass is 511 g/mol. The van der Waals surface area contributed by atoms with Gasteiger partial charge in [-0.05, 0) is 54.4 Å². The number of benzene rings is 1. The van der Waals surface area contributed by atoms with Gasteiger partial charge in [0, 0.05) is 50.5 Å². The largest absolute Gasteiger partial charge is 0.444 e. The Morgan fingerprint density at radius 2 is 1.90 bits per heavy atom. The third-order valence-corrected chi connectivity index (χ3v) is 5.95. The lowest BCUT2D eigenvalue weighted by atomic mass is 10.1. The predicted octanol–water partition coefficient (Wildman–Crippen LogP) is 4.14. The fraction of sp³-hybridized carbons (Fsp3) is 0.476. The maximum Gasteiger partial charge on any atom is 0.410 e. The first kappa shape index (κ1) is 23.6. The number of carbonyl (C=O) groups is 2. The number of rotatable bonds is 4. The highest BCUT2D eigenvalue weighted by atomic mass is 79.9. The second-order valence-electron chi connectivity index (χ2n) is 8.47. The highest BCUT2D eigenvalue weighted by Crippen LogP contribution is 2.24. The van der Waals surface area contributed by atoms with Gasteiger partial charge in [0.1, 0.15) is 10.2 Å². The van der Waals surface area contributed by atoms with E-state index in [0.29, 0.717) is 36.2 Å². The average molecular weight is 513 g/mol. The van der Waals surface area contributed by atoms with Crippen LogP contribution in [0, 0.1) is 0 Å². The molecule has 2 heterocycles. The zero-order chi connectivity index (χ0) is 22.8. The molecule has 1 N–H and O–H groups in total. The number of ether oxygens (including phenoxy) is 1. The first-order valence-corrected chi connectivity index (χ1v) is 11.2. The highest BCUT2D eigenvalue weighted by molar-refractivity contribution is 9.10. The van der Waals surface area contributed by atoms with Crippen LogP contribution in [0.5, 0.6) is 0 Å². The molecule has 1 aliphatic heterocycles. The first-order chi connectivity index (χ1) is 14.5. The van der Waals surface area contributed by atoms with Crippen LogP contribution in [-0.2, 0) is 18.3 Å². The third-order valence-electron chi connectivity index (χ3n) is 4.86. The van der Waals surface area contributed by atoms with Gasteiger partial charge in [0.05, 0.1) is 6.20 Å². The minimum absolute atomic E-state index is 0.273. The normalized spacial score (nSPS) is 15.1. The van der Waals surface area contributed by atoms with Crippen molar-refractivity contribution in [1.29, 1.82) is 0 Å². The van der Waals surface area contributed by atoms with Crippen LogP contribution in [0.15, 0.2) is 29.0 Å². The van der Waals surface area contributed by atoms with Gasteiger partial charge in [0.25, 0.3) is 5.91 Å². The van der Waals surface area contributed by atoms with E-state index in [1.165, 1.54) is 0 Å². The Morgan fingerprint density at radius 1 is 1.23 bits per heavy atom. The molecule has 0 bridgehead atoms. The fourth-order valence-corrected chi connectivity index (χ4v) is 3.71.